The Morgan fingerprint density at radius 1 is 1.14 bits per heavy atom. The van der Waals surface area contributed by atoms with Gasteiger partial charge in [0.1, 0.15) is 17.5 Å². The minimum absolute atomic E-state index is 0.0368. The highest BCUT2D eigenvalue weighted by molar-refractivity contribution is 9.10. The molecule has 1 N–H and O–H groups in total. The topological polar surface area (TPSA) is 12.0 Å². The van der Waals surface area contributed by atoms with Crippen molar-refractivity contribution in [1.82, 2.24) is 5.32 Å². The van der Waals surface area contributed by atoms with Gasteiger partial charge in [-0.25, -0.2) is 13.2 Å². The van der Waals surface area contributed by atoms with Crippen LogP contribution in [0.4, 0.5) is 13.2 Å². The van der Waals surface area contributed by atoms with E-state index < -0.39 is 23.5 Å². The Balaban J connectivity index is 2.40. The molecule has 0 bridgehead atoms. The minimum atomic E-state index is -0.683. The lowest BCUT2D eigenvalue weighted by Gasteiger charge is -2.19. The van der Waals surface area contributed by atoms with Crippen molar-refractivity contribution in [3.05, 3.63) is 68.4 Å². The van der Waals surface area contributed by atoms with Crippen molar-refractivity contribution in [2.24, 2.45) is 0 Å². The first-order valence-corrected chi connectivity index (χ1v) is 7.35. The lowest BCUT2D eigenvalue weighted by Crippen LogP contribution is -2.21. The van der Waals surface area contributed by atoms with Crippen LogP contribution in [0.3, 0.4) is 0 Å². The fraction of sp³-hybridized carbons (Fsp3) is 0.200. The second-order valence-electron chi connectivity index (χ2n) is 4.53. The second kappa shape index (κ2) is 6.81. The van der Waals surface area contributed by atoms with Gasteiger partial charge in [0.2, 0.25) is 0 Å². The predicted octanol–water partition coefficient (Wildman–Crippen LogP) is 5.02. The zero-order valence-corrected chi connectivity index (χ0v) is 13.4. The van der Waals surface area contributed by atoms with Crippen LogP contribution in [0, 0.1) is 17.5 Å². The molecule has 2 aromatic carbocycles. The highest BCUT2D eigenvalue weighted by Gasteiger charge is 2.20. The zero-order chi connectivity index (χ0) is 15.6. The van der Waals surface area contributed by atoms with Crippen molar-refractivity contribution in [3.8, 4) is 0 Å². The maximum Gasteiger partial charge on any atom is 0.143 e. The summed E-state index contributed by atoms with van der Waals surface area (Å²) >= 11 is 8.88. The summed E-state index contributed by atoms with van der Waals surface area (Å²) in [6.45, 7) is 0. The normalized spacial score (nSPS) is 12.5. The number of nitrogens with one attached hydrogen (secondary N) is 1. The summed E-state index contributed by atoms with van der Waals surface area (Å²) in [5.74, 6) is -1.83. The summed E-state index contributed by atoms with van der Waals surface area (Å²) in [7, 11) is 1.60. The lowest BCUT2D eigenvalue weighted by molar-refractivity contribution is 0.495. The van der Waals surface area contributed by atoms with Gasteiger partial charge in [-0.05, 0) is 59.7 Å². The number of benzene rings is 2. The lowest BCUT2D eigenvalue weighted by atomic mass is 9.98. The standard InChI is InChI=1S/C15H12BrClF3N/c1-21-14(9-6-8(17)2-4-12(9)18)7-10-13(19)5-3-11(16)15(10)20/h2-6,14,21H,7H2,1H3. The molecule has 0 amide bonds. The summed E-state index contributed by atoms with van der Waals surface area (Å²) in [5, 5.41) is 3.22. The molecule has 0 aliphatic heterocycles. The number of likely N-dealkylation sites (N-methyl/N-ethyl adjacent to an activating group) is 1. The molecule has 0 radical (unpaired) electrons. The molecule has 1 unspecified atom stereocenters. The smallest absolute Gasteiger partial charge is 0.143 e. The summed E-state index contributed by atoms with van der Waals surface area (Å²) in [6.07, 6.45) is -0.0368. The molecule has 0 heterocycles. The van der Waals surface area contributed by atoms with Crippen molar-refractivity contribution in [3.63, 3.8) is 0 Å². The molecule has 0 aliphatic rings. The van der Waals surface area contributed by atoms with Gasteiger partial charge >= 0.3 is 0 Å². The van der Waals surface area contributed by atoms with Gasteiger partial charge in [0.05, 0.1) is 4.47 Å². The van der Waals surface area contributed by atoms with E-state index in [1.165, 1.54) is 30.3 Å². The number of hydrogen-bond donors (Lipinski definition) is 1. The van der Waals surface area contributed by atoms with E-state index in [4.69, 9.17) is 11.6 Å². The van der Waals surface area contributed by atoms with Crippen molar-refractivity contribution < 1.29 is 13.2 Å². The maximum atomic E-state index is 14.0. The second-order valence-corrected chi connectivity index (χ2v) is 5.82. The molecular weight excluding hydrogens is 367 g/mol. The molecular formula is C15H12BrClF3N. The van der Waals surface area contributed by atoms with Crippen LogP contribution in [0.1, 0.15) is 17.2 Å². The average molecular weight is 379 g/mol. The van der Waals surface area contributed by atoms with Gasteiger partial charge in [-0.15, -0.1) is 0 Å². The largest absolute Gasteiger partial charge is 0.313 e. The van der Waals surface area contributed by atoms with E-state index in [0.29, 0.717) is 5.02 Å². The van der Waals surface area contributed by atoms with Gasteiger partial charge in [0.15, 0.2) is 0 Å². The van der Waals surface area contributed by atoms with E-state index in [9.17, 15) is 13.2 Å². The van der Waals surface area contributed by atoms with E-state index >= 15 is 0 Å². The van der Waals surface area contributed by atoms with Crippen LogP contribution in [0.15, 0.2) is 34.8 Å². The Hall–Kier alpha value is -1.04. The molecule has 0 saturated carbocycles. The summed E-state index contributed by atoms with van der Waals surface area (Å²) < 4.78 is 41.9. The van der Waals surface area contributed by atoms with E-state index in [2.05, 4.69) is 21.2 Å². The highest BCUT2D eigenvalue weighted by Crippen LogP contribution is 2.28. The summed E-state index contributed by atoms with van der Waals surface area (Å²) in [6, 6.07) is 5.97. The SMILES string of the molecule is CNC(Cc1c(F)ccc(Br)c1F)c1cc(Cl)ccc1F. The molecule has 6 heteroatoms. The first-order chi connectivity index (χ1) is 9.93. The molecule has 0 saturated heterocycles. The molecule has 0 fully saturated rings. The number of halogens is 5. The van der Waals surface area contributed by atoms with Gasteiger partial charge in [0.25, 0.3) is 0 Å². The van der Waals surface area contributed by atoms with Crippen LogP contribution in [0.25, 0.3) is 0 Å². The summed E-state index contributed by atoms with van der Waals surface area (Å²) in [5.41, 5.74) is 0.159. The molecule has 0 spiro atoms. The van der Waals surface area contributed by atoms with Crippen LogP contribution in [-0.4, -0.2) is 7.05 Å². The summed E-state index contributed by atoms with van der Waals surface area (Å²) in [4.78, 5) is 0. The molecule has 112 valence electrons. The van der Waals surface area contributed by atoms with E-state index in [1.54, 1.807) is 7.05 Å². The molecule has 0 aromatic heterocycles. The fourth-order valence-corrected chi connectivity index (χ4v) is 2.66. The maximum absolute atomic E-state index is 14.0. The van der Waals surface area contributed by atoms with Crippen molar-refractivity contribution in [2.45, 2.75) is 12.5 Å². The van der Waals surface area contributed by atoms with Crippen LogP contribution in [0.5, 0.6) is 0 Å². The van der Waals surface area contributed by atoms with Gasteiger partial charge in [-0.1, -0.05) is 11.6 Å². The fourth-order valence-electron chi connectivity index (χ4n) is 2.11. The third-order valence-electron chi connectivity index (χ3n) is 3.23. The number of rotatable bonds is 4. The Bertz CT molecular complexity index is 664. The van der Waals surface area contributed by atoms with Crippen LogP contribution >= 0.6 is 27.5 Å². The Labute approximate surface area is 134 Å². The van der Waals surface area contributed by atoms with Gasteiger partial charge < -0.3 is 5.32 Å². The molecule has 1 atom stereocenters. The highest BCUT2D eigenvalue weighted by atomic mass is 79.9. The zero-order valence-electron chi connectivity index (χ0n) is 11.1. The van der Waals surface area contributed by atoms with E-state index in [-0.39, 0.29) is 22.0 Å². The average Bonchev–Trinajstić information content (AvgIpc) is 2.46. The molecule has 21 heavy (non-hydrogen) atoms. The number of hydrogen-bond acceptors (Lipinski definition) is 1. The Morgan fingerprint density at radius 2 is 1.81 bits per heavy atom. The first kappa shape index (κ1) is 16.3. The van der Waals surface area contributed by atoms with Crippen molar-refractivity contribution in [1.29, 1.82) is 0 Å². The molecule has 2 aromatic rings. The first-order valence-electron chi connectivity index (χ1n) is 6.18. The van der Waals surface area contributed by atoms with E-state index in [1.807, 2.05) is 0 Å². The van der Waals surface area contributed by atoms with Crippen LogP contribution in [0.2, 0.25) is 5.02 Å². The monoisotopic (exact) mass is 377 g/mol. The van der Waals surface area contributed by atoms with Gasteiger partial charge in [0, 0.05) is 22.2 Å². The minimum Gasteiger partial charge on any atom is -0.313 e. The van der Waals surface area contributed by atoms with Crippen molar-refractivity contribution in [2.75, 3.05) is 7.05 Å². The Morgan fingerprint density at radius 3 is 2.48 bits per heavy atom. The predicted molar refractivity (Wildman–Crippen MR) is 81.0 cm³/mol. The molecule has 2 rings (SSSR count). The van der Waals surface area contributed by atoms with Gasteiger partial charge in [-0.2, -0.15) is 0 Å². The molecule has 1 nitrogen and oxygen atoms in total. The van der Waals surface area contributed by atoms with Crippen LogP contribution in [-0.2, 0) is 6.42 Å². The van der Waals surface area contributed by atoms with Crippen molar-refractivity contribution >= 4 is 27.5 Å². The quantitative estimate of drug-likeness (QED) is 0.736. The van der Waals surface area contributed by atoms with Gasteiger partial charge in [-0.3, -0.25) is 0 Å². The molecule has 0 aliphatic carbocycles. The third kappa shape index (κ3) is 3.59. The van der Waals surface area contributed by atoms with E-state index in [0.717, 1.165) is 0 Å². The third-order valence-corrected chi connectivity index (χ3v) is 4.08. The van der Waals surface area contributed by atoms with Crippen LogP contribution < -0.4 is 5.32 Å². The Kier molecular flexibility index (Phi) is 5.30.